The molecule has 1 atom stereocenters. The molecule has 0 bridgehead atoms. The standard InChI is InChI=1S/C29H31N3O5/c1-21(37-24-10-3-2-4-11-24)28(34)31-15-17-32(18-16-31)29(35)23-9-7-8-22(20-23)14-19-36-26-13-6-5-12-25(26)27(30)33/h2-13,20-21H,14-19H2,1H3,(H2,30,33). The summed E-state index contributed by atoms with van der Waals surface area (Å²) in [6.45, 7) is 3.92. The van der Waals surface area contributed by atoms with Crippen LogP contribution in [0.5, 0.6) is 11.5 Å². The van der Waals surface area contributed by atoms with Gasteiger partial charge in [-0.2, -0.15) is 0 Å². The molecule has 1 aliphatic rings. The molecule has 0 radical (unpaired) electrons. The number of amides is 3. The van der Waals surface area contributed by atoms with Crippen LogP contribution >= 0.6 is 0 Å². The van der Waals surface area contributed by atoms with E-state index in [-0.39, 0.29) is 11.8 Å². The summed E-state index contributed by atoms with van der Waals surface area (Å²) in [6.07, 6.45) is -0.0333. The van der Waals surface area contributed by atoms with Crippen LogP contribution in [-0.2, 0) is 11.2 Å². The van der Waals surface area contributed by atoms with Crippen molar-refractivity contribution in [2.45, 2.75) is 19.4 Å². The fourth-order valence-corrected chi connectivity index (χ4v) is 4.26. The summed E-state index contributed by atoms with van der Waals surface area (Å²) < 4.78 is 11.5. The minimum Gasteiger partial charge on any atom is -0.492 e. The SMILES string of the molecule is CC(Oc1ccccc1)C(=O)N1CCN(C(=O)c2cccc(CCOc3ccccc3C(N)=O)c2)CC1. The second-order valence-electron chi connectivity index (χ2n) is 8.85. The molecule has 1 fully saturated rings. The van der Waals surface area contributed by atoms with Crippen molar-refractivity contribution in [2.75, 3.05) is 32.8 Å². The molecule has 2 N–H and O–H groups in total. The third-order valence-electron chi connectivity index (χ3n) is 6.26. The predicted octanol–water partition coefficient (Wildman–Crippen LogP) is 3.16. The van der Waals surface area contributed by atoms with Crippen molar-refractivity contribution in [1.82, 2.24) is 9.80 Å². The van der Waals surface area contributed by atoms with E-state index in [0.29, 0.717) is 61.8 Å². The average molecular weight is 502 g/mol. The highest BCUT2D eigenvalue weighted by Crippen LogP contribution is 2.18. The Balaban J connectivity index is 1.28. The van der Waals surface area contributed by atoms with Gasteiger partial charge in [-0.25, -0.2) is 0 Å². The Hall–Kier alpha value is -4.33. The van der Waals surface area contributed by atoms with E-state index in [4.69, 9.17) is 15.2 Å². The second kappa shape index (κ2) is 12.1. The number of nitrogens with zero attached hydrogens (tertiary/aromatic N) is 2. The first-order valence-electron chi connectivity index (χ1n) is 12.3. The van der Waals surface area contributed by atoms with Gasteiger partial charge in [0.05, 0.1) is 12.2 Å². The number of piperazine rings is 1. The van der Waals surface area contributed by atoms with Crippen LogP contribution in [0.2, 0.25) is 0 Å². The Morgan fingerprint density at radius 1 is 0.865 bits per heavy atom. The fourth-order valence-electron chi connectivity index (χ4n) is 4.26. The lowest BCUT2D eigenvalue weighted by molar-refractivity contribution is -0.139. The van der Waals surface area contributed by atoms with Crippen molar-refractivity contribution in [2.24, 2.45) is 5.73 Å². The lowest BCUT2D eigenvalue weighted by Crippen LogP contribution is -2.53. The number of rotatable bonds is 9. The lowest BCUT2D eigenvalue weighted by Gasteiger charge is -2.36. The number of hydrogen-bond donors (Lipinski definition) is 1. The first-order valence-corrected chi connectivity index (χ1v) is 12.3. The molecule has 4 rings (SSSR count). The number of hydrogen-bond acceptors (Lipinski definition) is 5. The first kappa shape index (κ1) is 25.8. The molecule has 1 aliphatic heterocycles. The molecule has 1 heterocycles. The number of ether oxygens (including phenoxy) is 2. The zero-order chi connectivity index (χ0) is 26.2. The summed E-state index contributed by atoms with van der Waals surface area (Å²) >= 11 is 0. The molecule has 1 saturated heterocycles. The van der Waals surface area contributed by atoms with Gasteiger partial charge in [-0.15, -0.1) is 0 Å². The van der Waals surface area contributed by atoms with Gasteiger partial charge in [-0.3, -0.25) is 14.4 Å². The maximum atomic E-state index is 13.1. The Labute approximate surface area is 216 Å². The summed E-state index contributed by atoms with van der Waals surface area (Å²) in [4.78, 5) is 41.0. The molecule has 3 amide bonds. The summed E-state index contributed by atoms with van der Waals surface area (Å²) in [6, 6.07) is 23.5. The number of nitrogens with two attached hydrogens (primary N) is 1. The van der Waals surface area contributed by atoms with E-state index in [1.807, 2.05) is 48.5 Å². The number of carbonyl (C=O) groups is 3. The molecule has 0 saturated carbocycles. The molecule has 0 aliphatic carbocycles. The number of carbonyl (C=O) groups excluding carboxylic acids is 3. The van der Waals surface area contributed by atoms with Crippen LogP contribution in [0.1, 0.15) is 33.2 Å². The Morgan fingerprint density at radius 2 is 1.54 bits per heavy atom. The zero-order valence-electron chi connectivity index (χ0n) is 20.8. The van der Waals surface area contributed by atoms with Crippen molar-refractivity contribution in [3.63, 3.8) is 0 Å². The number of primary amides is 1. The van der Waals surface area contributed by atoms with Gasteiger partial charge in [0.25, 0.3) is 17.7 Å². The van der Waals surface area contributed by atoms with E-state index in [1.54, 1.807) is 47.1 Å². The third-order valence-corrected chi connectivity index (χ3v) is 6.26. The van der Waals surface area contributed by atoms with Crippen molar-refractivity contribution >= 4 is 17.7 Å². The van der Waals surface area contributed by atoms with E-state index in [1.165, 1.54) is 0 Å². The van der Waals surface area contributed by atoms with Gasteiger partial charge in [0.2, 0.25) is 0 Å². The van der Waals surface area contributed by atoms with Crippen LogP contribution in [0.15, 0.2) is 78.9 Å². The topological polar surface area (TPSA) is 102 Å². The van der Waals surface area contributed by atoms with Crippen molar-refractivity contribution < 1.29 is 23.9 Å². The molecule has 0 aromatic heterocycles. The minimum atomic E-state index is -0.599. The molecule has 0 spiro atoms. The van der Waals surface area contributed by atoms with Gasteiger partial charge < -0.3 is 25.0 Å². The van der Waals surface area contributed by atoms with Crippen molar-refractivity contribution in [3.8, 4) is 11.5 Å². The van der Waals surface area contributed by atoms with E-state index in [0.717, 1.165) is 5.56 Å². The molecule has 8 nitrogen and oxygen atoms in total. The quantitative estimate of drug-likeness (QED) is 0.485. The third kappa shape index (κ3) is 6.67. The monoisotopic (exact) mass is 501 g/mol. The molecule has 1 unspecified atom stereocenters. The van der Waals surface area contributed by atoms with E-state index in [2.05, 4.69) is 0 Å². The van der Waals surface area contributed by atoms with Gasteiger partial charge in [0, 0.05) is 38.2 Å². The normalized spacial score (nSPS) is 14.1. The van der Waals surface area contributed by atoms with Gasteiger partial charge in [0.15, 0.2) is 6.10 Å². The molecule has 37 heavy (non-hydrogen) atoms. The lowest BCUT2D eigenvalue weighted by atomic mass is 10.1. The maximum Gasteiger partial charge on any atom is 0.263 e. The second-order valence-corrected chi connectivity index (χ2v) is 8.85. The molecule has 8 heteroatoms. The Bertz CT molecular complexity index is 1240. The largest absolute Gasteiger partial charge is 0.492 e. The zero-order valence-corrected chi connectivity index (χ0v) is 20.8. The number of benzene rings is 3. The van der Waals surface area contributed by atoms with Crippen molar-refractivity contribution in [1.29, 1.82) is 0 Å². The highest BCUT2D eigenvalue weighted by molar-refractivity contribution is 5.95. The highest BCUT2D eigenvalue weighted by atomic mass is 16.5. The van der Waals surface area contributed by atoms with Crippen LogP contribution in [0.3, 0.4) is 0 Å². The predicted molar refractivity (Wildman–Crippen MR) is 140 cm³/mol. The van der Waals surface area contributed by atoms with Crippen LogP contribution < -0.4 is 15.2 Å². The highest BCUT2D eigenvalue weighted by Gasteiger charge is 2.28. The van der Waals surface area contributed by atoms with Crippen LogP contribution in [0.25, 0.3) is 0 Å². The summed E-state index contributed by atoms with van der Waals surface area (Å²) in [5.74, 6) is 0.402. The van der Waals surface area contributed by atoms with Gasteiger partial charge in [0.1, 0.15) is 11.5 Å². The first-order chi connectivity index (χ1) is 17.9. The Kier molecular flexibility index (Phi) is 8.40. The minimum absolute atomic E-state index is 0.0671. The molecule has 3 aromatic carbocycles. The molecule has 3 aromatic rings. The van der Waals surface area contributed by atoms with Crippen LogP contribution in [-0.4, -0.2) is 66.4 Å². The summed E-state index contributed by atoms with van der Waals surface area (Å²) in [7, 11) is 0. The smallest absolute Gasteiger partial charge is 0.263 e. The number of para-hydroxylation sites is 2. The van der Waals surface area contributed by atoms with E-state index < -0.39 is 12.0 Å². The van der Waals surface area contributed by atoms with Crippen LogP contribution in [0.4, 0.5) is 0 Å². The molecular formula is C29H31N3O5. The Morgan fingerprint density at radius 3 is 2.27 bits per heavy atom. The van der Waals surface area contributed by atoms with Crippen molar-refractivity contribution in [3.05, 3.63) is 95.6 Å². The van der Waals surface area contributed by atoms with Gasteiger partial charge in [-0.1, -0.05) is 42.5 Å². The van der Waals surface area contributed by atoms with Crippen LogP contribution in [0, 0.1) is 0 Å². The van der Waals surface area contributed by atoms with Gasteiger partial charge >= 0.3 is 0 Å². The maximum absolute atomic E-state index is 13.1. The van der Waals surface area contributed by atoms with Gasteiger partial charge in [-0.05, 0) is 48.9 Å². The molecule has 192 valence electrons. The fraction of sp³-hybridized carbons (Fsp3) is 0.276. The van der Waals surface area contributed by atoms with E-state index in [9.17, 15) is 14.4 Å². The molecular weight excluding hydrogens is 470 g/mol. The summed E-state index contributed by atoms with van der Waals surface area (Å²) in [5, 5.41) is 0. The van der Waals surface area contributed by atoms with E-state index >= 15 is 0 Å². The summed E-state index contributed by atoms with van der Waals surface area (Å²) in [5.41, 5.74) is 7.28. The average Bonchev–Trinajstić information content (AvgIpc) is 2.93.